The van der Waals surface area contributed by atoms with Crippen molar-refractivity contribution >= 4 is 25.7 Å². The zero-order chi connectivity index (χ0) is 55.5. The number of phosphoric ester groups is 1. The van der Waals surface area contributed by atoms with Crippen LogP contribution in [0.4, 0.5) is 0 Å². The average Bonchev–Trinajstić information content (AvgIpc) is 3.41. The van der Waals surface area contributed by atoms with Crippen molar-refractivity contribution < 1.29 is 52.2 Å². The van der Waals surface area contributed by atoms with Crippen molar-refractivity contribution in [1.29, 1.82) is 0 Å². The summed E-state index contributed by atoms with van der Waals surface area (Å²) in [4.78, 5) is 48.6. The number of rotatable bonds is 55. The van der Waals surface area contributed by atoms with E-state index in [9.17, 15) is 28.9 Å². The zero-order valence-corrected chi connectivity index (χ0v) is 49.1. The summed E-state index contributed by atoms with van der Waals surface area (Å²) < 4.78 is 39.5. The molecule has 0 spiro atoms. The molecule has 0 saturated heterocycles. The monoisotopic (exact) mass is 1080 g/mol. The van der Waals surface area contributed by atoms with E-state index in [1.165, 1.54) is 51.4 Å². The van der Waals surface area contributed by atoms with E-state index in [0.717, 1.165) is 141 Å². The van der Waals surface area contributed by atoms with Gasteiger partial charge in [0.1, 0.15) is 12.7 Å². The highest BCUT2D eigenvalue weighted by Gasteiger charge is 2.28. The van der Waals surface area contributed by atoms with Crippen molar-refractivity contribution in [3.05, 3.63) is 97.2 Å². The number of aliphatic hydroxyl groups excluding tert-OH is 1. The lowest BCUT2D eigenvalue weighted by molar-refractivity contribution is -0.161. The number of carbonyl (C=O) groups is 3. The maximum Gasteiger partial charge on any atom is 0.472 e. The molecule has 0 aromatic rings. The Morgan fingerprint density at radius 3 is 1.09 bits per heavy atom. The minimum atomic E-state index is -4.77. The number of unbranched alkanes of at least 4 members (excludes halogenated alkanes) is 22. The molecule has 2 N–H and O–H groups in total. The van der Waals surface area contributed by atoms with E-state index < -0.39 is 57.8 Å². The van der Waals surface area contributed by atoms with Gasteiger partial charge in [-0.2, -0.15) is 0 Å². The Kier molecular flexibility index (Phi) is 54.8. The molecule has 76 heavy (non-hydrogen) atoms. The number of allylic oxidation sites excluding steroid dienone is 16. The van der Waals surface area contributed by atoms with Crippen LogP contribution in [0.5, 0.6) is 0 Å². The zero-order valence-electron chi connectivity index (χ0n) is 48.2. The average molecular weight is 1090 g/mol. The van der Waals surface area contributed by atoms with Gasteiger partial charge in [0.25, 0.3) is 0 Å². The van der Waals surface area contributed by atoms with Gasteiger partial charge in [0.2, 0.25) is 0 Å². The number of hydrogen-bond donors (Lipinski definition) is 2. The summed E-state index contributed by atoms with van der Waals surface area (Å²) in [5.41, 5.74) is 0. The summed E-state index contributed by atoms with van der Waals surface area (Å²) in [6.07, 6.45) is 67.8. The number of ether oxygens (including phenoxy) is 3. The highest BCUT2D eigenvalue weighted by Crippen LogP contribution is 2.43. The Morgan fingerprint density at radius 1 is 0.382 bits per heavy atom. The Hall–Kier alpha value is -3.60. The van der Waals surface area contributed by atoms with Crippen molar-refractivity contribution in [2.24, 2.45) is 0 Å². The lowest BCUT2D eigenvalue weighted by atomic mass is 10.1. The molecule has 0 aromatic carbocycles. The predicted octanol–water partition coefficient (Wildman–Crippen LogP) is 18.0. The second kappa shape index (κ2) is 57.6. The van der Waals surface area contributed by atoms with Gasteiger partial charge in [-0.05, 0) is 122 Å². The molecule has 436 valence electrons. The maximum absolute atomic E-state index is 12.9. The summed E-state index contributed by atoms with van der Waals surface area (Å²) in [6, 6.07) is 0. The third-order valence-corrected chi connectivity index (χ3v) is 13.4. The van der Waals surface area contributed by atoms with Gasteiger partial charge in [0.05, 0.1) is 19.8 Å². The topological polar surface area (TPSA) is 155 Å². The van der Waals surface area contributed by atoms with Crippen molar-refractivity contribution in [3.8, 4) is 0 Å². The van der Waals surface area contributed by atoms with Gasteiger partial charge in [-0.1, -0.05) is 208 Å². The first-order valence-corrected chi connectivity index (χ1v) is 31.6. The SMILES string of the molecule is CC/C=C\C/C=C\C/C=C\C/C=C\CCCCCCC(=O)OCC(COP(=O)(O)OCC(CO)OC(=O)CCCCCCC/C=C\CCCCCC)OC(=O)CCCCCCCC/C=C\C/C=C\C/C=C\CCCCC. The quantitative estimate of drug-likeness (QED) is 0.0197. The minimum absolute atomic E-state index is 0.143. The van der Waals surface area contributed by atoms with Crippen molar-refractivity contribution in [2.45, 2.75) is 264 Å². The fourth-order valence-electron chi connectivity index (χ4n) is 7.88. The van der Waals surface area contributed by atoms with Crippen LogP contribution in [0.15, 0.2) is 97.2 Å². The van der Waals surface area contributed by atoms with Crippen LogP contribution in [0.2, 0.25) is 0 Å². The highest BCUT2D eigenvalue weighted by atomic mass is 31.2. The molecule has 0 aliphatic rings. The smallest absolute Gasteiger partial charge is 0.462 e. The van der Waals surface area contributed by atoms with E-state index in [-0.39, 0.29) is 25.9 Å². The molecule has 0 heterocycles. The van der Waals surface area contributed by atoms with Gasteiger partial charge >= 0.3 is 25.7 Å². The summed E-state index contributed by atoms with van der Waals surface area (Å²) in [7, 11) is -4.77. The standard InChI is InChI=1S/C64H109O11P/c1-4-7-10-13-16-19-22-25-27-29-30-32-34-37-40-43-46-49-52-55-64(68)75-61(57-71-62(66)53-50-47-44-41-38-36-33-31-28-26-23-20-17-14-11-8-5-2)59-73-76(69,70)72-58-60(56-65)74-63(67)54-51-48-45-42-39-35-24-21-18-15-12-9-6-3/h8,11,16-17,19-21,24-28,30,32-33,36,60-61,65H,4-7,9-10,12-15,18,22-23,29,31,34-35,37-59H2,1-3H3,(H,69,70)/b11-8-,19-16-,20-17-,24-21-,27-25-,28-26-,32-30-,36-33-. The van der Waals surface area contributed by atoms with E-state index in [0.29, 0.717) is 19.3 Å². The molecule has 11 nitrogen and oxygen atoms in total. The van der Waals surface area contributed by atoms with E-state index in [1.807, 2.05) is 0 Å². The van der Waals surface area contributed by atoms with Crippen LogP contribution in [-0.4, -0.2) is 66.5 Å². The van der Waals surface area contributed by atoms with Gasteiger partial charge in [-0.15, -0.1) is 0 Å². The second-order valence-electron chi connectivity index (χ2n) is 19.8. The molecular formula is C64H109O11P. The first-order chi connectivity index (χ1) is 37.2. The molecule has 0 aliphatic carbocycles. The van der Waals surface area contributed by atoms with E-state index in [2.05, 4.69) is 118 Å². The molecule has 0 radical (unpaired) electrons. The maximum atomic E-state index is 12.9. The largest absolute Gasteiger partial charge is 0.472 e. The number of carbonyl (C=O) groups excluding carboxylic acids is 3. The van der Waals surface area contributed by atoms with E-state index >= 15 is 0 Å². The van der Waals surface area contributed by atoms with Crippen LogP contribution in [0, 0.1) is 0 Å². The van der Waals surface area contributed by atoms with Gasteiger partial charge in [-0.25, -0.2) is 4.57 Å². The lowest BCUT2D eigenvalue weighted by Gasteiger charge is -2.21. The van der Waals surface area contributed by atoms with Gasteiger partial charge in [0.15, 0.2) is 6.10 Å². The summed E-state index contributed by atoms with van der Waals surface area (Å²) in [5.74, 6) is -1.52. The number of aliphatic hydroxyl groups is 1. The summed E-state index contributed by atoms with van der Waals surface area (Å²) >= 11 is 0. The molecule has 0 saturated carbocycles. The third kappa shape index (κ3) is 55.2. The molecule has 0 aromatic heterocycles. The minimum Gasteiger partial charge on any atom is -0.462 e. The first kappa shape index (κ1) is 72.4. The fraction of sp³-hybridized carbons (Fsp3) is 0.703. The Labute approximate surface area is 463 Å². The first-order valence-electron chi connectivity index (χ1n) is 30.1. The van der Waals surface area contributed by atoms with Crippen LogP contribution in [-0.2, 0) is 42.2 Å². The normalized spacial score (nSPS) is 14.0. The van der Waals surface area contributed by atoms with Crippen molar-refractivity contribution in [1.82, 2.24) is 0 Å². The van der Waals surface area contributed by atoms with Crippen LogP contribution in [0.1, 0.15) is 252 Å². The molecule has 0 aliphatic heterocycles. The summed E-state index contributed by atoms with van der Waals surface area (Å²) in [6.45, 7) is 4.44. The molecule has 0 fully saturated rings. The van der Waals surface area contributed by atoms with E-state index in [1.54, 1.807) is 0 Å². The van der Waals surface area contributed by atoms with Gasteiger partial charge < -0.3 is 24.2 Å². The van der Waals surface area contributed by atoms with Crippen LogP contribution >= 0.6 is 7.82 Å². The Morgan fingerprint density at radius 2 is 0.684 bits per heavy atom. The van der Waals surface area contributed by atoms with Crippen molar-refractivity contribution in [2.75, 3.05) is 26.4 Å². The highest BCUT2D eigenvalue weighted by molar-refractivity contribution is 7.47. The summed E-state index contributed by atoms with van der Waals surface area (Å²) in [5, 5.41) is 9.82. The van der Waals surface area contributed by atoms with Gasteiger partial charge in [0, 0.05) is 19.3 Å². The lowest BCUT2D eigenvalue weighted by Crippen LogP contribution is -2.30. The molecule has 0 bridgehead atoms. The Bertz CT molecular complexity index is 1640. The molecule has 0 amide bonds. The molecular weight excluding hydrogens is 976 g/mol. The van der Waals surface area contributed by atoms with E-state index in [4.69, 9.17) is 23.3 Å². The van der Waals surface area contributed by atoms with Crippen LogP contribution in [0.3, 0.4) is 0 Å². The van der Waals surface area contributed by atoms with Crippen molar-refractivity contribution in [3.63, 3.8) is 0 Å². The van der Waals surface area contributed by atoms with Crippen LogP contribution in [0.25, 0.3) is 0 Å². The number of phosphoric acid groups is 1. The van der Waals surface area contributed by atoms with Crippen LogP contribution < -0.4 is 0 Å². The molecule has 12 heteroatoms. The Balaban J connectivity index is 4.80. The van der Waals surface area contributed by atoms with Gasteiger partial charge in [-0.3, -0.25) is 23.4 Å². The predicted molar refractivity (Wildman–Crippen MR) is 316 cm³/mol. The number of hydrogen-bond acceptors (Lipinski definition) is 10. The molecule has 3 unspecified atom stereocenters. The fourth-order valence-corrected chi connectivity index (χ4v) is 8.66. The third-order valence-electron chi connectivity index (χ3n) is 12.5. The number of esters is 3. The second-order valence-corrected chi connectivity index (χ2v) is 21.2. The molecule has 3 atom stereocenters. The molecule has 0 rings (SSSR count).